The third-order valence-electron chi connectivity index (χ3n) is 3.35. The Balaban J connectivity index is 1.90. The third kappa shape index (κ3) is 3.56. The molecule has 0 N–H and O–H groups in total. The van der Waals surface area contributed by atoms with Crippen LogP contribution < -0.4 is 0 Å². The van der Waals surface area contributed by atoms with Crippen LogP contribution in [0.15, 0.2) is 24.3 Å². The molecule has 0 aromatic heterocycles. The average molecular weight is 244 g/mol. The average Bonchev–Trinajstić information content (AvgIpc) is 2.40. The van der Waals surface area contributed by atoms with Crippen LogP contribution in [0, 0.1) is 11.3 Å². The first kappa shape index (κ1) is 13.1. The zero-order valence-electron chi connectivity index (χ0n) is 10.9. The number of ether oxygens (including phenoxy) is 1. The molecule has 0 saturated carbocycles. The lowest BCUT2D eigenvalue weighted by molar-refractivity contribution is 0.00363. The SMILES string of the molecule is CCO[C@H]1CCCN(Cc2ccc(C#N)cc2)C1. The number of hydrogen-bond acceptors (Lipinski definition) is 3. The van der Waals surface area contributed by atoms with Gasteiger partial charge in [0, 0.05) is 19.7 Å². The van der Waals surface area contributed by atoms with Crippen LogP contribution in [0.3, 0.4) is 0 Å². The first-order chi connectivity index (χ1) is 8.81. The smallest absolute Gasteiger partial charge is 0.0991 e. The van der Waals surface area contributed by atoms with E-state index in [1.807, 2.05) is 24.3 Å². The first-order valence-corrected chi connectivity index (χ1v) is 6.65. The fourth-order valence-corrected chi connectivity index (χ4v) is 2.47. The van der Waals surface area contributed by atoms with E-state index in [1.54, 1.807) is 0 Å². The van der Waals surface area contributed by atoms with Gasteiger partial charge in [0.25, 0.3) is 0 Å². The molecule has 96 valence electrons. The van der Waals surface area contributed by atoms with Gasteiger partial charge in [0.15, 0.2) is 0 Å². The minimum Gasteiger partial charge on any atom is -0.377 e. The Kier molecular flexibility index (Phi) is 4.74. The minimum absolute atomic E-state index is 0.391. The third-order valence-corrected chi connectivity index (χ3v) is 3.35. The summed E-state index contributed by atoms with van der Waals surface area (Å²) in [7, 11) is 0. The van der Waals surface area contributed by atoms with Gasteiger partial charge in [-0.3, -0.25) is 4.90 Å². The summed E-state index contributed by atoms with van der Waals surface area (Å²) in [4.78, 5) is 2.44. The van der Waals surface area contributed by atoms with Crippen LogP contribution >= 0.6 is 0 Å². The largest absolute Gasteiger partial charge is 0.377 e. The standard InChI is InChI=1S/C15H20N2O/c1-2-18-15-4-3-9-17(12-15)11-14-7-5-13(10-16)6-8-14/h5-8,15H,2-4,9,11-12H2,1H3/t15-/m0/s1. The van der Waals surface area contributed by atoms with Crippen molar-refractivity contribution in [1.29, 1.82) is 5.26 Å². The van der Waals surface area contributed by atoms with E-state index in [2.05, 4.69) is 17.9 Å². The van der Waals surface area contributed by atoms with E-state index < -0.39 is 0 Å². The zero-order chi connectivity index (χ0) is 12.8. The van der Waals surface area contributed by atoms with Gasteiger partial charge in [0.1, 0.15) is 0 Å². The van der Waals surface area contributed by atoms with Crippen molar-refractivity contribution < 1.29 is 4.74 Å². The molecule has 3 heteroatoms. The van der Waals surface area contributed by atoms with Crippen molar-refractivity contribution in [3.63, 3.8) is 0 Å². The summed E-state index contributed by atoms with van der Waals surface area (Å²) in [6, 6.07) is 10.0. The predicted molar refractivity (Wildman–Crippen MR) is 71.1 cm³/mol. The van der Waals surface area contributed by atoms with Gasteiger partial charge < -0.3 is 4.74 Å². The van der Waals surface area contributed by atoms with Crippen molar-refractivity contribution in [2.75, 3.05) is 19.7 Å². The van der Waals surface area contributed by atoms with Gasteiger partial charge in [-0.1, -0.05) is 12.1 Å². The molecule has 0 aliphatic carbocycles. The molecule has 1 aliphatic rings. The fraction of sp³-hybridized carbons (Fsp3) is 0.533. The van der Waals surface area contributed by atoms with Crippen molar-refractivity contribution in [1.82, 2.24) is 4.90 Å². The lowest BCUT2D eigenvalue weighted by Gasteiger charge is -2.32. The Hall–Kier alpha value is -1.37. The number of likely N-dealkylation sites (tertiary alicyclic amines) is 1. The summed E-state index contributed by atoms with van der Waals surface area (Å²) >= 11 is 0. The zero-order valence-corrected chi connectivity index (χ0v) is 10.9. The monoisotopic (exact) mass is 244 g/mol. The second-order valence-corrected chi connectivity index (χ2v) is 4.76. The fourth-order valence-electron chi connectivity index (χ4n) is 2.47. The number of rotatable bonds is 4. The molecule has 3 nitrogen and oxygen atoms in total. The maximum Gasteiger partial charge on any atom is 0.0991 e. The number of benzene rings is 1. The van der Waals surface area contributed by atoms with Crippen LogP contribution in [0.4, 0.5) is 0 Å². The van der Waals surface area contributed by atoms with Gasteiger partial charge in [-0.15, -0.1) is 0 Å². The molecule has 1 atom stereocenters. The Morgan fingerprint density at radius 2 is 2.17 bits per heavy atom. The summed E-state index contributed by atoms with van der Waals surface area (Å²) in [5.41, 5.74) is 2.00. The molecular formula is C15H20N2O. The molecule has 1 fully saturated rings. The molecule has 0 amide bonds. The quantitative estimate of drug-likeness (QED) is 0.816. The highest BCUT2D eigenvalue weighted by molar-refractivity contribution is 5.31. The molecule has 18 heavy (non-hydrogen) atoms. The van der Waals surface area contributed by atoms with Crippen molar-refractivity contribution in [2.45, 2.75) is 32.4 Å². The van der Waals surface area contributed by atoms with Gasteiger partial charge in [-0.05, 0) is 44.0 Å². The van der Waals surface area contributed by atoms with E-state index in [0.717, 1.165) is 31.8 Å². The number of hydrogen-bond donors (Lipinski definition) is 0. The summed E-state index contributed by atoms with van der Waals surface area (Å²) in [5.74, 6) is 0. The summed E-state index contributed by atoms with van der Waals surface area (Å²) < 4.78 is 5.70. The highest BCUT2D eigenvalue weighted by Gasteiger charge is 2.19. The van der Waals surface area contributed by atoms with Gasteiger partial charge >= 0.3 is 0 Å². The molecule has 1 aromatic rings. The molecule has 1 saturated heterocycles. The van der Waals surface area contributed by atoms with E-state index in [1.165, 1.54) is 18.4 Å². The molecule has 2 rings (SSSR count). The summed E-state index contributed by atoms with van der Waals surface area (Å²) in [5, 5.41) is 8.77. The highest BCUT2D eigenvalue weighted by atomic mass is 16.5. The van der Waals surface area contributed by atoms with E-state index in [-0.39, 0.29) is 0 Å². The van der Waals surface area contributed by atoms with E-state index in [4.69, 9.17) is 10.00 Å². The molecule has 1 aliphatic heterocycles. The molecule has 0 spiro atoms. The lowest BCUT2D eigenvalue weighted by atomic mass is 10.1. The minimum atomic E-state index is 0.391. The van der Waals surface area contributed by atoms with Gasteiger partial charge in [0.2, 0.25) is 0 Å². The van der Waals surface area contributed by atoms with Gasteiger partial charge in [0.05, 0.1) is 17.7 Å². The Bertz CT molecular complexity index is 405. The van der Waals surface area contributed by atoms with Crippen LogP contribution in [-0.2, 0) is 11.3 Å². The van der Waals surface area contributed by atoms with Crippen LogP contribution in [0.1, 0.15) is 30.9 Å². The highest BCUT2D eigenvalue weighted by Crippen LogP contribution is 2.16. The topological polar surface area (TPSA) is 36.3 Å². The van der Waals surface area contributed by atoms with Gasteiger partial charge in [-0.25, -0.2) is 0 Å². The van der Waals surface area contributed by atoms with Crippen LogP contribution in [0.2, 0.25) is 0 Å². The Morgan fingerprint density at radius 1 is 1.39 bits per heavy atom. The van der Waals surface area contributed by atoms with Crippen molar-refractivity contribution in [2.24, 2.45) is 0 Å². The van der Waals surface area contributed by atoms with Gasteiger partial charge in [-0.2, -0.15) is 5.26 Å². The normalized spacial score (nSPS) is 20.6. The summed E-state index contributed by atoms with van der Waals surface area (Å²) in [6.45, 7) is 5.97. The van der Waals surface area contributed by atoms with E-state index in [9.17, 15) is 0 Å². The van der Waals surface area contributed by atoms with Crippen LogP contribution in [0.5, 0.6) is 0 Å². The molecule has 0 radical (unpaired) electrons. The van der Waals surface area contributed by atoms with Crippen molar-refractivity contribution >= 4 is 0 Å². The Morgan fingerprint density at radius 3 is 2.83 bits per heavy atom. The molecule has 0 bridgehead atoms. The lowest BCUT2D eigenvalue weighted by Crippen LogP contribution is -2.39. The maximum absolute atomic E-state index is 8.77. The molecule has 1 heterocycles. The number of nitrogens with zero attached hydrogens (tertiary/aromatic N) is 2. The Labute approximate surface area is 109 Å². The first-order valence-electron chi connectivity index (χ1n) is 6.65. The molecule has 0 unspecified atom stereocenters. The number of nitriles is 1. The number of piperidine rings is 1. The molecule has 1 aromatic carbocycles. The van der Waals surface area contributed by atoms with E-state index in [0.29, 0.717) is 6.10 Å². The summed E-state index contributed by atoms with van der Waals surface area (Å²) in [6.07, 6.45) is 2.78. The van der Waals surface area contributed by atoms with Crippen LogP contribution in [-0.4, -0.2) is 30.7 Å². The van der Waals surface area contributed by atoms with Crippen LogP contribution in [0.25, 0.3) is 0 Å². The maximum atomic E-state index is 8.77. The molecular weight excluding hydrogens is 224 g/mol. The second-order valence-electron chi connectivity index (χ2n) is 4.76. The van der Waals surface area contributed by atoms with E-state index >= 15 is 0 Å². The van der Waals surface area contributed by atoms with Crippen molar-refractivity contribution in [3.8, 4) is 6.07 Å². The second kappa shape index (κ2) is 6.53. The van der Waals surface area contributed by atoms with Crippen molar-refractivity contribution in [3.05, 3.63) is 35.4 Å². The predicted octanol–water partition coefficient (Wildman–Crippen LogP) is 2.56.